The van der Waals surface area contributed by atoms with Gasteiger partial charge in [0.05, 0.1) is 23.6 Å². The molecule has 2 amide bonds. The smallest absolute Gasteiger partial charge is 0.411 e. The SMILES string of the molecule is CC(C)OC(=O)Nc1ccc(Cl)c(C2=Nc3ncc(-c4ccccc4NC(=O)OC(C)C)cc3C2)c1. The van der Waals surface area contributed by atoms with Gasteiger partial charge in [0.2, 0.25) is 0 Å². The lowest BCUT2D eigenvalue weighted by Crippen LogP contribution is -2.18. The summed E-state index contributed by atoms with van der Waals surface area (Å²) in [7, 11) is 0. The number of nitrogens with zero attached hydrogens (tertiary/aromatic N) is 2. The number of benzene rings is 2. The standard InChI is InChI=1S/C27H27ClN4O4/c1-15(2)35-26(33)30-19-9-10-22(28)21(13-19)24-12-17-11-18(14-29-25(17)31-24)20-7-5-6-8-23(20)32-27(34)36-16(3)4/h5-11,13-16H,12H2,1-4H3,(H,30,33)(H,32,34). The Kier molecular flexibility index (Phi) is 7.55. The van der Waals surface area contributed by atoms with E-state index in [1.807, 2.05) is 30.3 Å². The van der Waals surface area contributed by atoms with Crippen LogP contribution in [0.25, 0.3) is 11.1 Å². The number of halogens is 1. The Morgan fingerprint density at radius 3 is 2.33 bits per heavy atom. The Morgan fingerprint density at radius 1 is 0.917 bits per heavy atom. The summed E-state index contributed by atoms with van der Waals surface area (Å²) >= 11 is 6.48. The summed E-state index contributed by atoms with van der Waals surface area (Å²) < 4.78 is 10.4. The zero-order chi connectivity index (χ0) is 25.8. The zero-order valence-electron chi connectivity index (χ0n) is 20.5. The number of para-hydroxylation sites is 1. The normalized spacial score (nSPS) is 12.2. The van der Waals surface area contributed by atoms with Crippen LogP contribution in [0.2, 0.25) is 5.02 Å². The van der Waals surface area contributed by atoms with Crippen molar-refractivity contribution in [1.29, 1.82) is 0 Å². The second-order valence-corrected chi connectivity index (χ2v) is 9.25. The van der Waals surface area contributed by atoms with Gasteiger partial charge in [0.1, 0.15) is 0 Å². The molecular formula is C27H27ClN4O4. The van der Waals surface area contributed by atoms with E-state index >= 15 is 0 Å². The monoisotopic (exact) mass is 506 g/mol. The summed E-state index contributed by atoms with van der Waals surface area (Å²) in [5, 5.41) is 6.03. The molecule has 4 rings (SSSR count). The van der Waals surface area contributed by atoms with E-state index in [2.05, 4.69) is 20.6 Å². The lowest BCUT2D eigenvalue weighted by molar-refractivity contribution is 0.129. The van der Waals surface area contributed by atoms with Gasteiger partial charge in [-0.2, -0.15) is 0 Å². The van der Waals surface area contributed by atoms with Crippen molar-refractivity contribution in [2.45, 2.75) is 46.3 Å². The van der Waals surface area contributed by atoms with Crippen molar-refractivity contribution in [1.82, 2.24) is 4.98 Å². The van der Waals surface area contributed by atoms with E-state index in [9.17, 15) is 9.59 Å². The number of pyridine rings is 1. The largest absolute Gasteiger partial charge is 0.447 e. The van der Waals surface area contributed by atoms with Crippen LogP contribution in [0.3, 0.4) is 0 Å². The molecule has 2 aromatic carbocycles. The highest BCUT2D eigenvalue weighted by Crippen LogP contribution is 2.35. The van der Waals surface area contributed by atoms with Crippen molar-refractivity contribution in [2.24, 2.45) is 4.99 Å². The Balaban J connectivity index is 1.56. The molecule has 186 valence electrons. The second kappa shape index (κ2) is 10.8. The molecule has 1 aromatic heterocycles. The molecule has 0 aliphatic carbocycles. The third-order valence-electron chi connectivity index (χ3n) is 5.23. The van der Waals surface area contributed by atoms with E-state index in [4.69, 9.17) is 21.1 Å². The van der Waals surface area contributed by atoms with E-state index in [1.54, 1.807) is 52.1 Å². The van der Waals surface area contributed by atoms with Crippen LogP contribution in [0.15, 0.2) is 59.7 Å². The molecular weight excluding hydrogens is 480 g/mol. The average Bonchev–Trinajstić information content (AvgIpc) is 3.22. The first-order valence-electron chi connectivity index (χ1n) is 11.6. The van der Waals surface area contributed by atoms with Crippen LogP contribution >= 0.6 is 11.6 Å². The second-order valence-electron chi connectivity index (χ2n) is 8.84. The van der Waals surface area contributed by atoms with Gasteiger partial charge in [-0.05, 0) is 58.0 Å². The topological polar surface area (TPSA) is 102 Å². The fourth-order valence-corrected chi connectivity index (χ4v) is 3.99. The van der Waals surface area contributed by atoms with E-state index < -0.39 is 12.2 Å². The van der Waals surface area contributed by atoms with Gasteiger partial charge in [-0.1, -0.05) is 29.8 Å². The lowest BCUT2D eigenvalue weighted by Gasteiger charge is -2.13. The van der Waals surface area contributed by atoms with Crippen molar-refractivity contribution in [2.75, 3.05) is 10.6 Å². The number of aromatic nitrogens is 1. The molecule has 0 spiro atoms. The van der Waals surface area contributed by atoms with Crippen LogP contribution in [-0.2, 0) is 15.9 Å². The Hall–Kier alpha value is -3.91. The van der Waals surface area contributed by atoms with Gasteiger partial charge in [0, 0.05) is 45.6 Å². The summed E-state index contributed by atoms with van der Waals surface area (Å²) in [4.78, 5) is 33.4. The third kappa shape index (κ3) is 6.01. The molecule has 1 aliphatic rings. The number of hydrogen-bond donors (Lipinski definition) is 2. The fraction of sp³-hybridized carbons (Fsp3) is 0.259. The quantitative estimate of drug-likeness (QED) is 0.375. The predicted molar refractivity (Wildman–Crippen MR) is 142 cm³/mol. The summed E-state index contributed by atoms with van der Waals surface area (Å²) in [6, 6.07) is 14.7. The maximum absolute atomic E-state index is 12.2. The highest BCUT2D eigenvalue weighted by atomic mass is 35.5. The maximum atomic E-state index is 12.2. The number of rotatable bonds is 6. The zero-order valence-corrected chi connectivity index (χ0v) is 21.2. The van der Waals surface area contributed by atoms with Gasteiger partial charge in [0.25, 0.3) is 0 Å². The fourth-order valence-electron chi connectivity index (χ4n) is 3.77. The van der Waals surface area contributed by atoms with E-state index in [1.165, 1.54) is 0 Å². The molecule has 8 nitrogen and oxygen atoms in total. The molecule has 36 heavy (non-hydrogen) atoms. The first-order chi connectivity index (χ1) is 17.2. The number of hydrogen-bond acceptors (Lipinski definition) is 6. The van der Waals surface area contributed by atoms with Gasteiger partial charge in [0.15, 0.2) is 5.82 Å². The summed E-state index contributed by atoms with van der Waals surface area (Å²) in [6.07, 6.45) is 0.730. The maximum Gasteiger partial charge on any atom is 0.411 e. The van der Waals surface area contributed by atoms with Gasteiger partial charge in [-0.3, -0.25) is 10.6 Å². The van der Waals surface area contributed by atoms with Crippen molar-refractivity contribution < 1.29 is 19.1 Å². The van der Waals surface area contributed by atoms with Crippen molar-refractivity contribution in [3.05, 3.63) is 70.9 Å². The molecule has 2 heterocycles. The lowest BCUT2D eigenvalue weighted by atomic mass is 10.0. The minimum Gasteiger partial charge on any atom is -0.447 e. The Morgan fingerprint density at radius 2 is 1.61 bits per heavy atom. The number of nitrogens with one attached hydrogen (secondary N) is 2. The van der Waals surface area contributed by atoms with Crippen LogP contribution in [0.5, 0.6) is 0 Å². The summed E-state index contributed by atoms with van der Waals surface area (Å²) in [5.74, 6) is 0.604. The van der Waals surface area contributed by atoms with E-state index in [-0.39, 0.29) is 12.2 Å². The molecule has 0 atom stereocenters. The molecule has 0 fully saturated rings. The van der Waals surface area contributed by atoms with Gasteiger partial charge in [-0.25, -0.2) is 19.6 Å². The Labute approximate surface area is 214 Å². The first kappa shape index (κ1) is 25.2. The Bertz CT molecular complexity index is 1340. The number of carbonyl (C=O) groups is 2. The van der Waals surface area contributed by atoms with Crippen LogP contribution < -0.4 is 10.6 Å². The highest BCUT2D eigenvalue weighted by Gasteiger charge is 2.21. The number of carbonyl (C=O) groups excluding carboxylic acids is 2. The van der Waals surface area contributed by atoms with Crippen molar-refractivity contribution in [3.8, 4) is 11.1 Å². The van der Waals surface area contributed by atoms with Gasteiger partial charge in [-0.15, -0.1) is 0 Å². The van der Waals surface area contributed by atoms with E-state index in [0.717, 1.165) is 22.4 Å². The number of ether oxygens (including phenoxy) is 2. The summed E-state index contributed by atoms with van der Waals surface area (Å²) in [6.45, 7) is 7.15. The van der Waals surface area contributed by atoms with Crippen molar-refractivity contribution >= 4 is 46.7 Å². The molecule has 0 saturated heterocycles. The van der Waals surface area contributed by atoms with Crippen molar-refractivity contribution in [3.63, 3.8) is 0 Å². The van der Waals surface area contributed by atoms with Crippen LogP contribution in [-0.4, -0.2) is 35.1 Å². The van der Waals surface area contributed by atoms with Crippen LogP contribution in [0, 0.1) is 0 Å². The molecule has 0 radical (unpaired) electrons. The van der Waals surface area contributed by atoms with Gasteiger partial charge < -0.3 is 9.47 Å². The number of fused-ring (bicyclic) bond motifs is 1. The van der Waals surface area contributed by atoms with Crippen LogP contribution in [0.4, 0.5) is 26.8 Å². The molecule has 3 aromatic rings. The number of amides is 2. The highest BCUT2D eigenvalue weighted by molar-refractivity contribution is 6.34. The molecule has 0 unspecified atom stereocenters. The number of anilines is 2. The van der Waals surface area contributed by atoms with Crippen LogP contribution in [0.1, 0.15) is 38.8 Å². The minimum atomic E-state index is -0.536. The summed E-state index contributed by atoms with van der Waals surface area (Å²) in [5.41, 5.74) is 5.21. The molecule has 2 N–H and O–H groups in total. The molecule has 0 bridgehead atoms. The minimum absolute atomic E-state index is 0.226. The predicted octanol–water partition coefficient (Wildman–Crippen LogP) is 6.99. The molecule has 1 aliphatic heterocycles. The number of aliphatic imine (C=N–C) groups is 1. The van der Waals surface area contributed by atoms with E-state index in [0.29, 0.717) is 34.2 Å². The first-order valence-corrected chi connectivity index (χ1v) is 12.0. The third-order valence-corrected chi connectivity index (χ3v) is 5.56. The molecule has 9 heteroatoms. The average molecular weight is 507 g/mol. The molecule has 0 saturated carbocycles. The van der Waals surface area contributed by atoms with Gasteiger partial charge >= 0.3 is 12.2 Å².